The minimum Gasteiger partial charge on any atom is -0.369 e. The molecule has 1 saturated heterocycles. The van der Waals surface area contributed by atoms with E-state index in [1.54, 1.807) is 31.2 Å². The molecule has 34 heavy (non-hydrogen) atoms. The number of nitrogens with zero attached hydrogens (tertiary/aromatic N) is 3. The third-order valence-electron chi connectivity index (χ3n) is 5.13. The van der Waals surface area contributed by atoms with Gasteiger partial charge in [-0.3, -0.25) is 9.69 Å². The number of likely N-dealkylation sites (N-methyl/N-ethyl adjacent to an activating group) is 1. The van der Waals surface area contributed by atoms with Crippen LogP contribution in [0.25, 0.3) is 0 Å². The van der Waals surface area contributed by atoms with Gasteiger partial charge in [0, 0.05) is 61.7 Å². The van der Waals surface area contributed by atoms with Gasteiger partial charge in [0.05, 0.1) is 10.6 Å². The Balaban J connectivity index is 0.00000107. The molecule has 3 rings (SSSR count). The zero-order valence-electron chi connectivity index (χ0n) is 20.9. The van der Waals surface area contributed by atoms with Crippen LogP contribution < -0.4 is 10.6 Å². The number of hydrogen-bond acceptors (Lipinski definition) is 5. The Kier molecular flexibility index (Phi) is 14.3. The number of piperazine rings is 1. The van der Waals surface area contributed by atoms with E-state index in [-0.39, 0.29) is 5.91 Å². The lowest BCUT2D eigenvalue weighted by molar-refractivity contribution is 0.102. The zero-order chi connectivity index (χ0) is 25.5. The van der Waals surface area contributed by atoms with Crippen molar-refractivity contribution in [1.82, 2.24) is 14.8 Å². The highest BCUT2D eigenvalue weighted by Gasteiger charge is 2.18. The highest BCUT2D eigenvalue weighted by atomic mass is 35.5. The SMILES string of the molecule is C#CC.CC.CCc1c(NCCN2CCN(C)CC2)ncc(C(=O)Nc2ccc(Cl)cc2)c1Cl. The van der Waals surface area contributed by atoms with E-state index in [0.29, 0.717) is 27.7 Å². The van der Waals surface area contributed by atoms with E-state index in [9.17, 15) is 4.79 Å². The van der Waals surface area contributed by atoms with Gasteiger partial charge in [-0.2, -0.15) is 0 Å². The van der Waals surface area contributed by atoms with E-state index in [0.717, 1.165) is 50.6 Å². The van der Waals surface area contributed by atoms with Gasteiger partial charge in [-0.1, -0.05) is 44.0 Å². The van der Waals surface area contributed by atoms with Crippen molar-refractivity contribution in [2.75, 3.05) is 56.9 Å². The maximum Gasteiger partial charge on any atom is 0.258 e. The summed E-state index contributed by atoms with van der Waals surface area (Å²) in [6, 6.07) is 6.94. The fourth-order valence-electron chi connectivity index (χ4n) is 3.30. The van der Waals surface area contributed by atoms with E-state index in [1.807, 2.05) is 20.8 Å². The molecule has 0 unspecified atom stereocenters. The summed E-state index contributed by atoms with van der Waals surface area (Å²) < 4.78 is 0. The number of benzene rings is 1. The van der Waals surface area contributed by atoms with Crippen LogP contribution in [0.5, 0.6) is 0 Å². The third-order valence-corrected chi connectivity index (χ3v) is 5.81. The fourth-order valence-corrected chi connectivity index (χ4v) is 3.78. The van der Waals surface area contributed by atoms with Crippen LogP contribution in [0.4, 0.5) is 11.5 Å². The number of hydrogen-bond donors (Lipinski definition) is 2. The molecule has 1 aliphatic heterocycles. The molecule has 2 heterocycles. The number of rotatable bonds is 7. The Bertz CT molecular complexity index is 920. The molecule has 8 heteroatoms. The first-order valence-electron chi connectivity index (χ1n) is 11.7. The minimum atomic E-state index is -0.288. The predicted molar refractivity (Wildman–Crippen MR) is 146 cm³/mol. The molecule has 0 saturated carbocycles. The number of carbonyl (C=O) groups is 1. The molecule has 1 aromatic carbocycles. The van der Waals surface area contributed by atoms with E-state index in [1.165, 1.54) is 6.20 Å². The molecule has 6 nitrogen and oxygen atoms in total. The molecule has 0 spiro atoms. The van der Waals surface area contributed by atoms with Crippen LogP contribution in [0, 0.1) is 12.3 Å². The predicted octanol–water partition coefficient (Wildman–Crippen LogP) is 5.53. The number of pyridine rings is 1. The highest BCUT2D eigenvalue weighted by molar-refractivity contribution is 6.35. The molecule has 2 aromatic rings. The van der Waals surface area contributed by atoms with Crippen molar-refractivity contribution in [3.63, 3.8) is 0 Å². The molecule has 1 aliphatic rings. The smallest absolute Gasteiger partial charge is 0.258 e. The number of aromatic nitrogens is 1. The van der Waals surface area contributed by atoms with Crippen molar-refractivity contribution >= 4 is 40.6 Å². The van der Waals surface area contributed by atoms with E-state index >= 15 is 0 Å². The van der Waals surface area contributed by atoms with Gasteiger partial charge in [-0.25, -0.2) is 4.98 Å². The Labute approximate surface area is 215 Å². The Morgan fingerprint density at radius 2 is 1.74 bits per heavy atom. The van der Waals surface area contributed by atoms with Crippen LogP contribution in [0.3, 0.4) is 0 Å². The van der Waals surface area contributed by atoms with Crippen LogP contribution >= 0.6 is 23.2 Å². The van der Waals surface area contributed by atoms with Gasteiger partial charge < -0.3 is 15.5 Å². The molecule has 2 N–H and O–H groups in total. The average Bonchev–Trinajstić information content (AvgIpc) is 2.84. The molecule has 0 radical (unpaired) electrons. The van der Waals surface area contributed by atoms with Gasteiger partial charge in [-0.05, 0) is 44.7 Å². The van der Waals surface area contributed by atoms with Crippen LogP contribution in [0.2, 0.25) is 10.0 Å². The first-order chi connectivity index (χ1) is 16.4. The lowest BCUT2D eigenvalue weighted by atomic mass is 10.1. The summed E-state index contributed by atoms with van der Waals surface area (Å²) in [5, 5.41) is 7.28. The summed E-state index contributed by atoms with van der Waals surface area (Å²) in [7, 11) is 2.15. The second-order valence-electron chi connectivity index (χ2n) is 7.49. The quantitative estimate of drug-likeness (QED) is 0.484. The second-order valence-corrected chi connectivity index (χ2v) is 8.30. The third kappa shape index (κ3) is 9.52. The van der Waals surface area contributed by atoms with Crippen LogP contribution in [-0.2, 0) is 6.42 Å². The van der Waals surface area contributed by atoms with Gasteiger partial charge in [0.1, 0.15) is 5.82 Å². The van der Waals surface area contributed by atoms with Crippen molar-refractivity contribution in [3.8, 4) is 12.3 Å². The summed E-state index contributed by atoms with van der Waals surface area (Å²) in [5.74, 6) is 2.71. The summed E-state index contributed by atoms with van der Waals surface area (Å²) in [5.41, 5.74) is 1.87. The molecular formula is C26H37Cl2N5O. The summed E-state index contributed by atoms with van der Waals surface area (Å²) in [6.45, 7) is 13.8. The highest BCUT2D eigenvalue weighted by Crippen LogP contribution is 2.27. The van der Waals surface area contributed by atoms with Crippen molar-refractivity contribution in [2.24, 2.45) is 0 Å². The average molecular weight is 507 g/mol. The first-order valence-corrected chi connectivity index (χ1v) is 12.4. The minimum absolute atomic E-state index is 0.288. The Morgan fingerprint density at radius 3 is 2.29 bits per heavy atom. The van der Waals surface area contributed by atoms with Crippen molar-refractivity contribution in [3.05, 3.63) is 51.6 Å². The standard InChI is InChI=1S/C21H27Cl2N5O.C3H4.C2H6/c1-3-17-19(23)18(21(29)26-16-6-4-15(22)5-7-16)14-25-20(17)24-8-9-28-12-10-27(2)11-13-28;1-3-2;1-2/h4-7,14H,3,8-13H2,1-2H3,(H,24,25)(H,26,29);1H,2H3;1-2H3. The van der Waals surface area contributed by atoms with Crippen molar-refractivity contribution < 1.29 is 4.79 Å². The molecule has 1 fully saturated rings. The van der Waals surface area contributed by atoms with Crippen molar-refractivity contribution in [2.45, 2.75) is 34.1 Å². The maximum absolute atomic E-state index is 12.6. The monoisotopic (exact) mass is 505 g/mol. The number of halogens is 2. The summed E-state index contributed by atoms with van der Waals surface area (Å²) >= 11 is 12.5. The normalized spacial score (nSPS) is 13.5. The van der Waals surface area contributed by atoms with E-state index in [4.69, 9.17) is 23.2 Å². The van der Waals surface area contributed by atoms with Crippen molar-refractivity contribution in [1.29, 1.82) is 0 Å². The van der Waals surface area contributed by atoms with Crippen LogP contribution in [0.15, 0.2) is 30.5 Å². The van der Waals surface area contributed by atoms with Gasteiger partial charge in [0.15, 0.2) is 0 Å². The summed E-state index contributed by atoms with van der Waals surface area (Å²) in [6.07, 6.45) is 6.82. The summed E-state index contributed by atoms with van der Waals surface area (Å²) in [4.78, 5) is 21.9. The molecule has 1 amide bonds. The zero-order valence-corrected chi connectivity index (χ0v) is 22.4. The van der Waals surface area contributed by atoms with Crippen LogP contribution in [-0.4, -0.2) is 67.0 Å². The molecule has 0 atom stereocenters. The Hall–Kier alpha value is -2.30. The largest absolute Gasteiger partial charge is 0.369 e. The lowest BCUT2D eigenvalue weighted by Gasteiger charge is -2.32. The molecule has 0 bridgehead atoms. The van der Waals surface area contributed by atoms with E-state index in [2.05, 4.69) is 44.8 Å². The second kappa shape index (κ2) is 16.3. The first kappa shape index (κ1) is 29.7. The molecule has 186 valence electrons. The number of terminal acetylenes is 1. The molecular weight excluding hydrogens is 469 g/mol. The Morgan fingerprint density at radius 1 is 1.15 bits per heavy atom. The fraction of sp³-hybridized carbons (Fsp3) is 0.462. The van der Waals surface area contributed by atoms with Gasteiger partial charge in [-0.15, -0.1) is 12.3 Å². The number of nitrogens with one attached hydrogen (secondary N) is 2. The molecule has 0 aliphatic carbocycles. The number of amides is 1. The topological polar surface area (TPSA) is 60.5 Å². The lowest BCUT2D eigenvalue weighted by Crippen LogP contribution is -2.45. The van der Waals surface area contributed by atoms with Gasteiger partial charge in [0.25, 0.3) is 5.91 Å². The van der Waals surface area contributed by atoms with Gasteiger partial charge >= 0.3 is 0 Å². The number of carbonyl (C=O) groups excluding carboxylic acids is 1. The van der Waals surface area contributed by atoms with E-state index < -0.39 is 0 Å². The maximum atomic E-state index is 12.6. The van der Waals surface area contributed by atoms with Gasteiger partial charge in [0.2, 0.25) is 0 Å². The molecule has 1 aromatic heterocycles. The van der Waals surface area contributed by atoms with Crippen LogP contribution in [0.1, 0.15) is 43.6 Å². The number of anilines is 2.